The SMILES string of the molecule is C1=CCSC=C1.FC1=CCC=C1.[Cl-].[Cl-].[Hf+2][SiH2]C1CCCCC1. The van der Waals surface area contributed by atoms with E-state index < -0.39 is 0 Å². The fourth-order valence-electron chi connectivity index (χ4n) is 2.17. The van der Waals surface area contributed by atoms with Crippen molar-refractivity contribution in [1.29, 1.82) is 0 Å². The first-order chi connectivity index (χ1) is 9.83. The number of hydrogen-bond acceptors (Lipinski definition) is 1. The van der Waals surface area contributed by atoms with Crippen molar-refractivity contribution in [3.05, 3.63) is 47.7 Å². The maximum absolute atomic E-state index is 11.7. The molecule has 6 heteroatoms. The summed E-state index contributed by atoms with van der Waals surface area (Å²) in [6.07, 6.45) is 19.7. The van der Waals surface area contributed by atoms with Crippen LogP contribution in [-0.4, -0.2) is 12.5 Å². The van der Waals surface area contributed by atoms with E-state index in [4.69, 9.17) is 0 Å². The number of hydrogen-bond donors (Lipinski definition) is 0. The Morgan fingerprint density at radius 2 is 1.82 bits per heavy atom. The summed E-state index contributed by atoms with van der Waals surface area (Å²) in [5.74, 6) is 1.05. The van der Waals surface area contributed by atoms with Crippen molar-refractivity contribution in [2.24, 2.45) is 0 Å². The maximum atomic E-state index is 11.7. The zero-order chi connectivity index (χ0) is 14.5. The third-order valence-corrected chi connectivity index (χ3v) is 11.7. The summed E-state index contributed by atoms with van der Waals surface area (Å²) in [6, 6.07) is 0. The Hall–Kier alpha value is 0.907. The van der Waals surface area contributed by atoms with Crippen molar-refractivity contribution >= 4 is 18.5 Å². The van der Waals surface area contributed by atoms with Gasteiger partial charge in [-0.3, -0.25) is 0 Å². The monoisotopic (exact) mass is 545 g/mol. The van der Waals surface area contributed by atoms with E-state index in [1.807, 2.05) is 17.8 Å². The van der Waals surface area contributed by atoms with Crippen LogP contribution in [-0.2, 0) is 23.5 Å². The van der Waals surface area contributed by atoms with E-state index in [-0.39, 0.29) is 30.6 Å². The second-order valence-electron chi connectivity index (χ2n) is 5.03. The molecule has 0 aromatic rings. The van der Waals surface area contributed by atoms with Gasteiger partial charge in [0.25, 0.3) is 0 Å². The van der Waals surface area contributed by atoms with E-state index in [1.165, 1.54) is 18.0 Å². The Kier molecular flexibility index (Phi) is 20.9. The van der Waals surface area contributed by atoms with E-state index in [2.05, 4.69) is 17.6 Å². The zero-order valence-electron chi connectivity index (χ0n) is 12.8. The molecule has 1 heterocycles. The summed E-state index contributed by atoms with van der Waals surface area (Å²) in [4.78, 5) is 0. The molecule has 1 fully saturated rings. The predicted octanol–water partition coefficient (Wildman–Crippen LogP) is -1.02. The van der Waals surface area contributed by atoms with E-state index >= 15 is 0 Å². The summed E-state index contributed by atoms with van der Waals surface area (Å²) in [5.41, 5.74) is 1.29. The van der Waals surface area contributed by atoms with Gasteiger partial charge in [0.2, 0.25) is 0 Å². The first kappa shape index (κ1) is 25.2. The van der Waals surface area contributed by atoms with Crippen LogP contribution in [0.4, 0.5) is 4.39 Å². The van der Waals surface area contributed by atoms with Crippen molar-refractivity contribution in [2.45, 2.75) is 44.1 Å². The Balaban J connectivity index is 0. The zero-order valence-corrected chi connectivity index (χ0v) is 20.2. The van der Waals surface area contributed by atoms with E-state index in [0.29, 0.717) is 6.71 Å². The molecule has 1 aliphatic heterocycles. The van der Waals surface area contributed by atoms with Gasteiger partial charge in [-0.25, -0.2) is 4.39 Å². The summed E-state index contributed by atoms with van der Waals surface area (Å²) in [6.45, 7) is 0.507. The van der Waals surface area contributed by atoms with Crippen LogP contribution in [0.25, 0.3) is 0 Å². The van der Waals surface area contributed by atoms with E-state index in [1.54, 1.807) is 61.4 Å². The van der Waals surface area contributed by atoms with E-state index in [0.717, 1.165) is 12.2 Å². The average Bonchev–Trinajstić information content (AvgIpc) is 3.02. The molecule has 3 rings (SSSR count). The molecule has 0 bridgehead atoms. The Labute approximate surface area is 167 Å². The van der Waals surface area contributed by atoms with Crippen LogP contribution in [0.1, 0.15) is 38.5 Å². The number of thioether (sulfide) groups is 1. The third kappa shape index (κ3) is 14.5. The van der Waals surface area contributed by atoms with Crippen LogP contribution in [0.2, 0.25) is 5.54 Å². The van der Waals surface area contributed by atoms with Crippen molar-refractivity contribution in [1.82, 2.24) is 0 Å². The second-order valence-corrected chi connectivity index (χ2v) is 11.9. The molecule has 0 amide bonds. The number of halogens is 3. The molecule has 0 unspecified atom stereocenters. The van der Waals surface area contributed by atoms with Gasteiger partial charge in [0, 0.05) is 5.75 Å². The first-order valence-electron chi connectivity index (χ1n) is 7.43. The van der Waals surface area contributed by atoms with Crippen LogP contribution >= 0.6 is 11.8 Å². The van der Waals surface area contributed by atoms with Gasteiger partial charge >= 0.3 is 67.9 Å². The molecule has 0 spiro atoms. The van der Waals surface area contributed by atoms with Crippen molar-refractivity contribution in [3.8, 4) is 0 Å². The van der Waals surface area contributed by atoms with Gasteiger partial charge < -0.3 is 24.8 Å². The van der Waals surface area contributed by atoms with Crippen molar-refractivity contribution in [2.75, 3.05) is 5.75 Å². The van der Waals surface area contributed by atoms with Gasteiger partial charge in [-0.2, -0.15) is 0 Å². The number of allylic oxidation sites excluding steroid dienone is 6. The predicted molar refractivity (Wildman–Crippen MR) is 89.1 cm³/mol. The Bertz CT molecular complexity index is 352. The molecule has 0 atom stereocenters. The fourth-order valence-corrected chi connectivity index (χ4v) is 8.09. The molecule has 0 N–H and O–H groups in total. The molecular weight excluding hydrogens is 521 g/mol. The van der Waals surface area contributed by atoms with Crippen LogP contribution in [0, 0.1) is 0 Å². The summed E-state index contributed by atoms with van der Waals surface area (Å²) in [7, 11) is 0. The molecule has 0 aromatic carbocycles. The topological polar surface area (TPSA) is 0 Å². The van der Waals surface area contributed by atoms with Gasteiger partial charge in [0.15, 0.2) is 0 Å². The molecule has 2 aliphatic carbocycles. The summed E-state index contributed by atoms with van der Waals surface area (Å²) < 4.78 is 11.7. The Morgan fingerprint density at radius 1 is 1.09 bits per heavy atom. The van der Waals surface area contributed by atoms with Crippen molar-refractivity contribution in [3.63, 3.8) is 0 Å². The van der Waals surface area contributed by atoms with Crippen molar-refractivity contribution < 1.29 is 52.7 Å². The first-order valence-corrected chi connectivity index (χ1v) is 17.6. The van der Waals surface area contributed by atoms with Gasteiger partial charge in [0.05, 0.1) is 0 Å². The van der Waals surface area contributed by atoms with Gasteiger partial charge in [-0.15, -0.1) is 11.8 Å². The summed E-state index contributed by atoms with van der Waals surface area (Å²) in [5, 5.41) is 2.10. The number of rotatable bonds is 1. The molecule has 3 aliphatic rings. The summed E-state index contributed by atoms with van der Waals surface area (Å²) >= 11 is 3.40. The average molecular weight is 545 g/mol. The molecule has 22 heavy (non-hydrogen) atoms. The second kappa shape index (κ2) is 18.2. The van der Waals surface area contributed by atoms with Crippen LogP contribution in [0.3, 0.4) is 0 Å². The van der Waals surface area contributed by atoms with Gasteiger partial charge in [-0.05, 0) is 24.0 Å². The molecule has 0 saturated heterocycles. The molecule has 0 radical (unpaired) electrons. The van der Waals surface area contributed by atoms with Gasteiger partial charge in [-0.1, -0.05) is 24.3 Å². The van der Waals surface area contributed by atoms with Crippen LogP contribution in [0.5, 0.6) is 0 Å². The van der Waals surface area contributed by atoms with E-state index in [9.17, 15) is 4.39 Å². The molecule has 123 valence electrons. The van der Waals surface area contributed by atoms with Crippen LogP contribution in [0.15, 0.2) is 47.7 Å². The Morgan fingerprint density at radius 3 is 2.05 bits per heavy atom. The minimum atomic E-state index is -0.102. The molecular formula is C16H24Cl2FHfSSi. The molecule has 0 nitrogen and oxygen atoms in total. The molecule has 0 aromatic heterocycles. The van der Waals surface area contributed by atoms with Gasteiger partial charge in [0.1, 0.15) is 5.83 Å². The molecule has 1 saturated carbocycles. The minimum absolute atomic E-state index is 0. The standard InChI is InChI=1S/C6H13Si.C5H5F.C5H6S.2ClH.Hf/c7-6-4-2-1-3-5-6;6-5-3-1-2-4-5;1-2-4-6-5-3-1;;;/h6H,1-5,7H2;1,3-4H,2H2;1-4H,5H2;2*1H;/q;;;;;+2/p-2. The normalized spacial score (nSPS) is 19.3. The quantitative estimate of drug-likeness (QED) is 0.381. The third-order valence-electron chi connectivity index (χ3n) is 3.35. The fraction of sp³-hybridized carbons (Fsp3) is 0.500. The van der Waals surface area contributed by atoms with Crippen LogP contribution < -0.4 is 24.8 Å².